The van der Waals surface area contributed by atoms with Gasteiger partial charge in [-0.15, -0.1) is 0 Å². The molecule has 0 saturated carbocycles. The quantitative estimate of drug-likeness (QED) is 0.176. The van der Waals surface area contributed by atoms with Crippen molar-refractivity contribution in [3.63, 3.8) is 0 Å². The van der Waals surface area contributed by atoms with Gasteiger partial charge >= 0.3 is 0 Å². The van der Waals surface area contributed by atoms with E-state index in [9.17, 15) is 9.59 Å². The number of fused-ring (bicyclic) bond motifs is 1. The molecule has 0 bridgehead atoms. The van der Waals surface area contributed by atoms with Crippen LogP contribution in [0.2, 0.25) is 0 Å². The van der Waals surface area contributed by atoms with Crippen molar-refractivity contribution in [2.24, 2.45) is 22.9 Å². The van der Waals surface area contributed by atoms with Crippen molar-refractivity contribution < 1.29 is 9.59 Å². The molecule has 200 valence electrons. The number of hydrogen-bond donors (Lipinski definition) is 6. The molecule has 0 aliphatic heterocycles. The molecule has 37 heavy (non-hydrogen) atoms. The number of rotatable bonds is 15. The van der Waals surface area contributed by atoms with Gasteiger partial charge in [0.05, 0.1) is 16.3 Å². The molecule has 1 heterocycles. The number of nitrogens with zero attached hydrogens (tertiary/aromatic N) is 1. The summed E-state index contributed by atoms with van der Waals surface area (Å²) in [5, 5.41) is 6.24. The summed E-state index contributed by atoms with van der Waals surface area (Å²) in [6.45, 7) is 0.964. The monoisotopic (exact) mass is 525 g/mol. The van der Waals surface area contributed by atoms with Crippen LogP contribution in [0.5, 0.6) is 0 Å². The zero-order chi connectivity index (χ0) is 26.7. The molecule has 3 rings (SSSR count). The Hall–Kier alpha value is -2.89. The van der Waals surface area contributed by atoms with E-state index in [1.165, 1.54) is 11.3 Å². The lowest BCUT2D eigenvalue weighted by molar-refractivity contribution is -0.127. The van der Waals surface area contributed by atoms with Crippen molar-refractivity contribution in [3.05, 3.63) is 60.2 Å². The van der Waals surface area contributed by atoms with E-state index in [-0.39, 0.29) is 11.8 Å². The van der Waals surface area contributed by atoms with Crippen LogP contribution in [0.15, 0.2) is 54.6 Å². The number of benzene rings is 2. The van der Waals surface area contributed by atoms with Gasteiger partial charge in [0, 0.05) is 5.54 Å². The first-order valence-corrected chi connectivity index (χ1v) is 13.6. The van der Waals surface area contributed by atoms with E-state index in [4.69, 9.17) is 22.9 Å². The van der Waals surface area contributed by atoms with E-state index in [1.54, 1.807) is 0 Å². The molecule has 2 atom stereocenters. The van der Waals surface area contributed by atoms with E-state index < -0.39 is 17.6 Å². The van der Waals surface area contributed by atoms with E-state index in [0.29, 0.717) is 63.2 Å². The van der Waals surface area contributed by atoms with Gasteiger partial charge in [0.1, 0.15) is 6.04 Å². The summed E-state index contributed by atoms with van der Waals surface area (Å²) in [5.74, 6) is -0.680. The Kier molecular flexibility index (Phi) is 11.0. The fourth-order valence-corrected chi connectivity index (χ4v) is 5.25. The summed E-state index contributed by atoms with van der Waals surface area (Å²) >= 11 is 1.39. The highest BCUT2D eigenvalue weighted by atomic mass is 32.1. The molecule has 0 saturated heterocycles. The summed E-state index contributed by atoms with van der Waals surface area (Å²) in [6.07, 6.45) is 4.18. The molecule has 1 aromatic heterocycles. The smallest absolute Gasteiger partial charge is 0.248 e. The van der Waals surface area contributed by atoms with Crippen molar-refractivity contribution in [1.82, 2.24) is 10.3 Å². The highest BCUT2D eigenvalue weighted by Gasteiger charge is 2.26. The number of para-hydroxylation sites is 1. The van der Waals surface area contributed by atoms with Crippen molar-refractivity contribution >= 4 is 38.5 Å². The van der Waals surface area contributed by atoms with Crippen LogP contribution in [0.3, 0.4) is 0 Å². The lowest BCUT2D eigenvalue weighted by atomic mass is 9.86. The number of hydrogen-bond acceptors (Lipinski definition) is 8. The number of carbonyl (C=O) groups is 2. The molecule has 0 aliphatic carbocycles. The molecule has 2 aromatic carbocycles. The highest BCUT2D eigenvalue weighted by Crippen LogP contribution is 2.25. The molecular formula is C27H39N7O2S. The second-order valence-electron chi connectivity index (χ2n) is 9.50. The van der Waals surface area contributed by atoms with E-state index in [0.717, 1.165) is 15.8 Å². The van der Waals surface area contributed by atoms with Crippen molar-refractivity contribution in [3.8, 4) is 0 Å². The first-order chi connectivity index (χ1) is 17.8. The summed E-state index contributed by atoms with van der Waals surface area (Å²) < 4.78 is 0.977. The standard InChI is InChI=1S/C27H39N7O2S/c28-17-15-27(31,16-18-29)14-6-9-20(30)24(35)32-22(13-12-19-7-2-1-3-8-19)25(36)34-26-33-21-10-4-5-11-23(21)37-26/h1-5,7-8,10-11,20,22H,6,9,12-18,28-31H2,(H,32,35)(H,33,34,36)/t20-,22+/m0/s1. The minimum absolute atomic E-state index is 0.317. The molecule has 0 unspecified atom stereocenters. The van der Waals surface area contributed by atoms with Gasteiger partial charge in [0.2, 0.25) is 11.8 Å². The Morgan fingerprint density at radius 3 is 2.27 bits per heavy atom. The molecule has 10 N–H and O–H groups in total. The van der Waals surface area contributed by atoms with Gasteiger partial charge in [-0.1, -0.05) is 53.8 Å². The number of aromatic nitrogens is 1. The number of thiazole rings is 1. The van der Waals surface area contributed by atoms with Crippen LogP contribution >= 0.6 is 11.3 Å². The van der Waals surface area contributed by atoms with Crippen LogP contribution in [-0.2, 0) is 16.0 Å². The minimum atomic E-state index is -0.756. The number of nitrogens with one attached hydrogen (secondary N) is 2. The Morgan fingerprint density at radius 2 is 1.59 bits per heavy atom. The molecule has 0 aliphatic rings. The normalized spacial score (nSPS) is 13.3. The van der Waals surface area contributed by atoms with Crippen LogP contribution in [0, 0.1) is 0 Å². The maximum atomic E-state index is 13.2. The zero-order valence-corrected chi connectivity index (χ0v) is 22.0. The Bertz CT molecular complexity index is 1100. The SMILES string of the molecule is NCCC(N)(CCN)CCC[C@H](N)C(=O)N[C@H](CCc1ccccc1)C(=O)Nc1nc2ccccc2s1. The average molecular weight is 526 g/mol. The predicted molar refractivity (Wildman–Crippen MR) is 151 cm³/mol. The van der Waals surface area contributed by atoms with Gasteiger partial charge in [0.15, 0.2) is 5.13 Å². The minimum Gasteiger partial charge on any atom is -0.343 e. The molecule has 0 fully saturated rings. The molecule has 9 nitrogen and oxygen atoms in total. The maximum absolute atomic E-state index is 13.2. The highest BCUT2D eigenvalue weighted by molar-refractivity contribution is 7.22. The first kappa shape index (κ1) is 28.7. The number of amides is 2. The van der Waals surface area contributed by atoms with Gasteiger partial charge in [0.25, 0.3) is 0 Å². The maximum Gasteiger partial charge on any atom is 0.248 e. The molecule has 0 spiro atoms. The van der Waals surface area contributed by atoms with Gasteiger partial charge in [-0.25, -0.2) is 4.98 Å². The number of carbonyl (C=O) groups excluding carboxylic acids is 2. The van der Waals surface area contributed by atoms with E-state index in [1.807, 2.05) is 54.6 Å². The molecule has 3 aromatic rings. The van der Waals surface area contributed by atoms with Gasteiger partial charge < -0.3 is 33.6 Å². The van der Waals surface area contributed by atoms with Crippen LogP contribution in [0.25, 0.3) is 10.2 Å². The summed E-state index contributed by atoms with van der Waals surface area (Å²) in [4.78, 5) is 30.7. The molecule has 10 heteroatoms. The van der Waals surface area contributed by atoms with Crippen molar-refractivity contribution in [2.45, 2.75) is 62.6 Å². The van der Waals surface area contributed by atoms with Gasteiger partial charge in [-0.3, -0.25) is 9.59 Å². The van der Waals surface area contributed by atoms with E-state index >= 15 is 0 Å². The summed E-state index contributed by atoms with van der Waals surface area (Å²) in [7, 11) is 0. The largest absolute Gasteiger partial charge is 0.343 e. The molecule has 0 radical (unpaired) electrons. The Labute approximate surface area is 222 Å². The third-order valence-electron chi connectivity index (χ3n) is 6.53. The third-order valence-corrected chi connectivity index (χ3v) is 7.48. The van der Waals surface area contributed by atoms with Crippen molar-refractivity contribution in [1.29, 1.82) is 0 Å². The van der Waals surface area contributed by atoms with E-state index in [2.05, 4.69) is 15.6 Å². The molecular weight excluding hydrogens is 486 g/mol. The van der Waals surface area contributed by atoms with Crippen LogP contribution in [-0.4, -0.2) is 47.5 Å². The Balaban J connectivity index is 1.62. The number of aryl methyl sites for hydroxylation is 1. The lowest BCUT2D eigenvalue weighted by Crippen LogP contribution is -2.50. The van der Waals surface area contributed by atoms with Crippen LogP contribution < -0.4 is 33.6 Å². The second-order valence-corrected chi connectivity index (χ2v) is 10.5. The van der Waals surface area contributed by atoms with Gasteiger partial charge in [-0.2, -0.15) is 0 Å². The Morgan fingerprint density at radius 1 is 0.919 bits per heavy atom. The predicted octanol–water partition coefficient (Wildman–Crippen LogP) is 2.25. The fourth-order valence-electron chi connectivity index (χ4n) is 4.38. The molecule has 2 amide bonds. The number of anilines is 1. The third kappa shape index (κ3) is 8.87. The average Bonchev–Trinajstić information content (AvgIpc) is 3.29. The lowest BCUT2D eigenvalue weighted by Gasteiger charge is -2.29. The zero-order valence-electron chi connectivity index (χ0n) is 21.2. The summed E-state index contributed by atoms with van der Waals surface area (Å²) in [5.41, 5.74) is 25.5. The topological polar surface area (TPSA) is 175 Å². The van der Waals surface area contributed by atoms with Gasteiger partial charge in [-0.05, 0) is 75.7 Å². The summed E-state index contributed by atoms with van der Waals surface area (Å²) in [6, 6.07) is 16.0. The van der Waals surface area contributed by atoms with Crippen LogP contribution in [0.1, 0.15) is 44.1 Å². The fraction of sp³-hybridized carbons (Fsp3) is 0.444. The number of nitrogens with two attached hydrogens (primary N) is 4. The first-order valence-electron chi connectivity index (χ1n) is 12.8. The van der Waals surface area contributed by atoms with Crippen LogP contribution in [0.4, 0.5) is 5.13 Å². The second kappa shape index (κ2) is 14.2. The van der Waals surface area contributed by atoms with Crippen molar-refractivity contribution in [2.75, 3.05) is 18.4 Å².